The van der Waals surface area contributed by atoms with E-state index in [4.69, 9.17) is 9.47 Å². The number of methoxy groups -OCH3 is 1. The quantitative estimate of drug-likeness (QED) is 0.307. The first kappa shape index (κ1) is 27.1. The molecule has 1 N–H and O–H groups in total. The van der Waals surface area contributed by atoms with Crippen LogP contribution in [0.25, 0.3) is 11.4 Å². The van der Waals surface area contributed by atoms with Gasteiger partial charge in [0.05, 0.1) is 7.11 Å². The minimum absolute atomic E-state index is 0.0431. The zero-order valence-electron chi connectivity index (χ0n) is 22.8. The van der Waals surface area contributed by atoms with Crippen molar-refractivity contribution < 1.29 is 14.3 Å². The van der Waals surface area contributed by atoms with E-state index in [1.807, 2.05) is 42.5 Å². The number of hydrogen-bond donors (Lipinski definition) is 1. The van der Waals surface area contributed by atoms with Crippen molar-refractivity contribution >= 4 is 11.6 Å². The van der Waals surface area contributed by atoms with Crippen LogP contribution in [0.15, 0.2) is 91.3 Å². The van der Waals surface area contributed by atoms with Crippen LogP contribution in [0, 0.1) is 0 Å². The van der Waals surface area contributed by atoms with Gasteiger partial charge in [0.25, 0.3) is 5.91 Å². The second kappa shape index (κ2) is 13.6. The summed E-state index contributed by atoms with van der Waals surface area (Å²) in [4.78, 5) is 26.2. The highest BCUT2D eigenvalue weighted by Gasteiger charge is 2.19. The molecule has 0 bridgehead atoms. The summed E-state index contributed by atoms with van der Waals surface area (Å²) in [6.07, 6.45) is 4.22. The van der Waals surface area contributed by atoms with Crippen molar-refractivity contribution in [2.24, 2.45) is 0 Å². The van der Waals surface area contributed by atoms with Gasteiger partial charge >= 0.3 is 0 Å². The first-order valence-corrected chi connectivity index (χ1v) is 13.6. The van der Waals surface area contributed by atoms with Gasteiger partial charge in [-0.15, -0.1) is 0 Å². The summed E-state index contributed by atoms with van der Waals surface area (Å²) < 4.78 is 11.2. The summed E-state index contributed by atoms with van der Waals surface area (Å²) in [7, 11) is 1.65. The monoisotopic (exact) mass is 537 g/mol. The Bertz CT molecular complexity index is 1360. The summed E-state index contributed by atoms with van der Waals surface area (Å²) in [5.74, 6) is 2.04. The topological polar surface area (TPSA) is 79.8 Å². The molecule has 1 amide bonds. The van der Waals surface area contributed by atoms with E-state index in [1.165, 1.54) is 5.69 Å². The number of anilines is 1. The van der Waals surface area contributed by atoms with Gasteiger partial charge < -0.3 is 19.7 Å². The van der Waals surface area contributed by atoms with E-state index in [0.717, 1.165) is 61.6 Å². The molecule has 40 heavy (non-hydrogen) atoms. The number of amides is 1. The fraction of sp³-hybridized carbons (Fsp3) is 0.281. The Morgan fingerprint density at radius 2 is 1.65 bits per heavy atom. The molecule has 2 heterocycles. The largest absolute Gasteiger partial charge is 0.497 e. The van der Waals surface area contributed by atoms with Crippen molar-refractivity contribution in [2.45, 2.75) is 13.0 Å². The lowest BCUT2D eigenvalue weighted by atomic mass is 10.1. The van der Waals surface area contributed by atoms with Gasteiger partial charge in [-0.2, -0.15) is 0 Å². The van der Waals surface area contributed by atoms with Gasteiger partial charge in [-0.1, -0.05) is 30.3 Å². The van der Waals surface area contributed by atoms with Crippen molar-refractivity contribution in [3.8, 4) is 22.9 Å². The number of para-hydroxylation sites is 1. The second-order valence-corrected chi connectivity index (χ2v) is 9.73. The molecule has 1 aromatic heterocycles. The normalized spacial score (nSPS) is 13.6. The van der Waals surface area contributed by atoms with Gasteiger partial charge in [0.2, 0.25) is 0 Å². The van der Waals surface area contributed by atoms with Crippen molar-refractivity contribution in [2.75, 3.05) is 51.3 Å². The SMILES string of the molecule is COc1ccc(CCNC(=O)COc2ccc(-c3ncccn3)cc2CN2CCN(c3ccccc3)CC2)cc1. The van der Waals surface area contributed by atoms with Crippen molar-refractivity contribution in [3.05, 3.63) is 102 Å². The smallest absolute Gasteiger partial charge is 0.257 e. The molecule has 1 saturated heterocycles. The van der Waals surface area contributed by atoms with Crippen LogP contribution in [0.4, 0.5) is 5.69 Å². The molecule has 1 aliphatic rings. The van der Waals surface area contributed by atoms with Gasteiger partial charge in [-0.3, -0.25) is 9.69 Å². The van der Waals surface area contributed by atoms with E-state index in [9.17, 15) is 4.79 Å². The molecule has 3 aromatic carbocycles. The Morgan fingerprint density at radius 1 is 0.900 bits per heavy atom. The third-order valence-electron chi connectivity index (χ3n) is 7.03. The Kier molecular flexibility index (Phi) is 9.21. The number of nitrogens with zero attached hydrogens (tertiary/aromatic N) is 4. The number of benzene rings is 3. The molecule has 0 atom stereocenters. The van der Waals surface area contributed by atoms with Crippen LogP contribution in [0.3, 0.4) is 0 Å². The lowest BCUT2D eigenvalue weighted by molar-refractivity contribution is -0.123. The molecule has 206 valence electrons. The third-order valence-corrected chi connectivity index (χ3v) is 7.03. The number of ether oxygens (including phenoxy) is 2. The average molecular weight is 538 g/mol. The van der Waals surface area contributed by atoms with E-state index >= 15 is 0 Å². The standard InChI is InChI=1S/C32H35N5O3/c1-39-29-11-8-25(9-12-29)14-17-33-31(38)24-40-30-13-10-26(32-34-15-5-16-35-32)22-27(30)23-36-18-20-37(21-19-36)28-6-3-2-4-7-28/h2-13,15-16,22H,14,17-21,23-24H2,1H3,(H,33,38). The number of hydrogen-bond acceptors (Lipinski definition) is 7. The Hall–Kier alpha value is -4.43. The van der Waals surface area contributed by atoms with Gasteiger partial charge in [0.1, 0.15) is 11.5 Å². The number of piperazine rings is 1. The van der Waals surface area contributed by atoms with E-state index in [1.54, 1.807) is 25.6 Å². The molecule has 0 aliphatic carbocycles. The summed E-state index contributed by atoms with van der Waals surface area (Å²) in [6.45, 7) is 5.00. The van der Waals surface area contributed by atoms with E-state index in [2.05, 4.69) is 55.4 Å². The van der Waals surface area contributed by atoms with Crippen LogP contribution >= 0.6 is 0 Å². The maximum absolute atomic E-state index is 12.6. The van der Waals surface area contributed by atoms with Crippen LogP contribution in [0.5, 0.6) is 11.5 Å². The molecular formula is C32H35N5O3. The Balaban J connectivity index is 1.20. The molecule has 4 aromatic rings. The third kappa shape index (κ3) is 7.36. The van der Waals surface area contributed by atoms with Gasteiger partial charge in [0, 0.05) is 68.5 Å². The number of carbonyl (C=O) groups excluding carboxylic acids is 1. The fourth-order valence-electron chi connectivity index (χ4n) is 4.81. The first-order chi connectivity index (χ1) is 19.7. The van der Waals surface area contributed by atoms with Crippen LogP contribution in [0.1, 0.15) is 11.1 Å². The summed E-state index contributed by atoms with van der Waals surface area (Å²) in [5.41, 5.74) is 4.33. The van der Waals surface area contributed by atoms with Crippen molar-refractivity contribution in [3.63, 3.8) is 0 Å². The summed E-state index contributed by atoms with van der Waals surface area (Å²) >= 11 is 0. The average Bonchev–Trinajstić information content (AvgIpc) is 3.02. The van der Waals surface area contributed by atoms with Crippen molar-refractivity contribution in [1.29, 1.82) is 0 Å². The molecule has 0 unspecified atom stereocenters. The Morgan fingerprint density at radius 3 is 2.38 bits per heavy atom. The minimum Gasteiger partial charge on any atom is -0.497 e. The van der Waals surface area contributed by atoms with Crippen LogP contribution in [0.2, 0.25) is 0 Å². The molecule has 0 spiro atoms. The molecule has 8 nitrogen and oxygen atoms in total. The zero-order chi connectivity index (χ0) is 27.6. The van der Waals surface area contributed by atoms with E-state index in [0.29, 0.717) is 18.1 Å². The first-order valence-electron chi connectivity index (χ1n) is 13.6. The predicted octanol–water partition coefficient (Wildman–Crippen LogP) is 4.21. The second-order valence-electron chi connectivity index (χ2n) is 9.73. The highest BCUT2D eigenvalue weighted by atomic mass is 16.5. The molecule has 8 heteroatoms. The highest BCUT2D eigenvalue weighted by molar-refractivity contribution is 5.77. The van der Waals surface area contributed by atoms with Gasteiger partial charge in [0.15, 0.2) is 12.4 Å². The molecular weight excluding hydrogens is 502 g/mol. The Labute approximate surface area is 235 Å². The summed E-state index contributed by atoms with van der Waals surface area (Å²) in [6, 6.07) is 26.1. The maximum Gasteiger partial charge on any atom is 0.257 e. The maximum atomic E-state index is 12.6. The lowest BCUT2D eigenvalue weighted by Gasteiger charge is -2.36. The lowest BCUT2D eigenvalue weighted by Crippen LogP contribution is -2.46. The van der Waals surface area contributed by atoms with Crippen LogP contribution in [-0.4, -0.2) is 67.2 Å². The summed E-state index contributed by atoms with van der Waals surface area (Å²) in [5, 5.41) is 2.96. The van der Waals surface area contributed by atoms with Gasteiger partial charge in [-0.05, 0) is 60.5 Å². The molecule has 1 fully saturated rings. The molecule has 5 rings (SSSR count). The number of nitrogens with one attached hydrogen (secondary N) is 1. The fourth-order valence-corrected chi connectivity index (χ4v) is 4.81. The molecule has 0 saturated carbocycles. The van der Waals surface area contributed by atoms with Crippen molar-refractivity contribution in [1.82, 2.24) is 20.2 Å². The van der Waals surface area contributed by atoms with E-state index in [-0.39, 0.29) is 12.5 Å². The number of carbonyl (C=O) groups is 1. The predicted molar refractivity (Wildman–Crippen MR) is 157 cm³/mol. The van der Waals surface area contributed by atoms with Crippen LogP contribution < -0.4 is 19.7 Å². The van der Waals surface area contributed by atoms with E-state index < -0.39 is 0 Å². The van der Waals surface area contributed by atoms with Gasteiger partial charge in [-0.25, -0.2) is 9.97 Å². The van der Waals surface area contributed by atoms with Crippen LogP contribution in [-0.2, 0) is 17.8 Å². The molecule has 1 aliphatic heterocycles. The zero-order valence-corrected chi connectivity index (χ0v) is 22.8. The number of rotatable bonds is 11. The molecule has 0 radical (unpaired) electrons. The minimum atomic E-state index is -0.147. The highest BCUT2D eigenvalue weighted by Crippen LogP contribution is 2.27. The number of aromatic nitrogens is 2.